The standard InChI is InChI=1S/C12H20N4S/c1-9-10(6-13)7-14-11(15-9)16-4-5-17-12(2,3)8-16/h7H,4-6,8,13H2,1-3H3. The second-order valence-electron chi connectivity index (χ2n) is 5.01. The number of aryl methyl sites for hydroxylation is 1. The lowest BCUT2D eigenvalue weighted by Crippen LogP contribution is -2.44. The molecule has 0 amide bonds. The molecule has 1 aromatic heterocycles. The van der Waals surface area contributed by atoms with Crippen molar-refractivity contribution in [3.8, 4) is 0 Å². The molecule has 1 saturated heterocycles. The lowest BCUT2D eigenvalue weighted by molar-refractivity contribution is 0.634. The Morgan fingerprint density at radius 3 is 2.88 bits per heavy atom. The highest BCUT2D eigenvalue weighted by atomic mass is 32.2. The van der Waals surface area contributed by atoms with Crippen LogP contribution in [0.3, 0.4) is 0 Å². The molecule has 5 heteroatoms. The molecule has 0 spiro atoms. The first kappa shape index (κ1) is 12.6. The fraction of sp³-hybridized carbons (Fsp3) is 0.667. The zero-order valence-electron chi connectivity index (χ0n) is 10.7. The van der Waals surface area contributed by atoms with Gasteiger partial charge in [0.1, 0.15) is 0 Å². The predicted molar refractivity (Wildman–Crippen MR) is 73.4 cm³/mol. The molecule has 94 valence electrons. The van der Waals surface area contributed by atoms with Crippen LogP contribution in [0, 0.1) is 6.92 Å². The molecule has 0 aromatic carbocycles. The van der Waals surface area contributed by atoms with Crippen molar-refractivity contribution in [2.45, 2.75) is 32.1 Å². The molecule has 4 nitrogen and oxygen atoms in total. The molecule has 0 radical (unpaired) electrons. The Morgan fingerprint density at radius 2 is 2.29 bits per heavy atom. The highest BCUT2D eigenvalue weighted by molar-refractivity contribution is 8.00. The van der Waals surface area contributed by atoms with E-state index < -0.39 is 0 Å². The van der Waals surface area contributed by atoms with Crippen molar-refractivity contribution in [1.82, 2.24) is 9.97 Å². The molecule has 1 aliphatic rings. The molecular weight excluding hydrogens is 232 g/mol. The second-order valence-corrected chi connectivity index (χ2v) is 6.82. The molecule has 0 saturated carbocycles. The zero-order chi connectivity index (χ0) is 12.5. The summed E-state index contributed by atoms with van der Waals surface area (Å²) in [5, 5.41) is 0. The van der Waals surface area contributed by atoms with Crippen LogP contribution in [0.25, 0.3) is 0 Å². The lowest BCUT2D eigenvalue weighted by atomic mass is 10.2. The fourth-order valence-electron chi connectivity index (χ4n) is 2.02. The van der Waals surface area contributed by atoms with Gasteiger partial charge in [-0.1, -0.05) is 0 Å². The SMILES string of the molecule is Cc1nc(N2CCSC(C)(C)C2)ncc1CN. The van der Waals surface area contributed by atoms with Gasteiger partial charge in [-0.05, 0) is 20.8 Å². The summed E-state index contributed by atoms with van der Waals surface area (Å²) in [6.45, 7) is 9.06. The van der Waals surface area contributed by atoms with E-state index in [-0.39, 0.29) is 4.75 Å². The van der Waals surface area contributed by atoms with E-state index in [0.717, 1.165) is 36.0 Å². The maximum atomic E-state index is 5.63. The summed E-state index contributed by atoms with van der Waals surface area (Å²) >= 11 is 2.01. The summed E-state index contributed by atoms with van der Waals surface area (Å²) < 4.78 is 0.280. The molecule has 0 unspecified atom stereocenters. The van der Waals surface area contributed by atoms with Gasteiger partial charge in [0.15, 0.2) is 0 Å². The summed E-state index contributed by atoms with van der Waals surface area (Å²) in [6.07, 6.45) is 1.85. The van der Waals surface area contributed by atoms with E-state index in [4.69, 9.17) is 5.73 Å². The minimum absolute atomic E-state index is 0.280. The van der Waals surface area contributed by atoms with Gasteiger partial charge in [-0.15, -0.1) is 0 Å². The summed E-state index contributed by atoms with van der Waals surface area (Å²) in [5.41, 5.74) is 7.65. The van der Waals surface area contributed by atoms with Gasteiger partial charge in [-0.3, -0.25) is 0 Å². The maximum Gasteiger partial charge on any atom is 0.225 e. The molecule has 2 N–H and O–H groups in total. The number of anilines is 1. The second kappa shape index (κ2) is 4.82. The summed E-state index contributed by atoms with van der Waals surface area (Å²) in [5.74, 6) is 1.97. The minimum Gasteiger partial charge on any atom is -0.339 e. The van der Waals surface area contributed by atoms with Crippen molar-refractivity contribution < 1.29 is 0 Å². The zero-order valence-corrected chi connectivity index (χ0v) is 11.5. The van der Waals surface area contributed by atoms with Crippen LogP contribution in [0.5, 0.6) is 0 Å². The first-order chi connectivity index (χ1) is 8.02. The Bertz CT molecular complexity index is 405. The summed E-state index contributed by atoms with van der Waals surface area (Å²) in [7, 11) is 0. The molecule has 17 heavy (non-hydrogen) atoms. The van der Waals surface area contributed by atoms with Crippen LogP contribution in [0.1, 0.15) is 25.1 Å². The highest BCUT2D eigenvalue weighted by Crippen LogP contribution is 2.31. The molecule has 2 rings (SSSR count). The van der Waals surface area contributed by atoms with E-state index >= 15 is 0 Å². The third-order valence-corrected chi connectivity index (χ3v) is 4.29. The largest absolute Gasteiger partial charge is 0.339 e. The van der Waals surface area contributed by atoms with Crippen LogP contribution in [-0.4, -0.2) is 33.6 Å². The van der Waals surface area contributed by atoms with Gasteiger partial charge < -0.3 is 10.6 Å². The smallest absolute Gasteiger partial charge is 0.225 e. The number of hydrogen-bond acceptors (Lipinski definition) is 5. The van der Waals surface area contributed by atoms with E-state index in [2.05, 4.69) is 28.7 Å². The van der Waals surface area contributed by atoms with Crippen LogP contribution >= 0.6 is 11.8 Å². The summed E-state index contributed by atoms with van der Waals surface area (Å²) in [4.78, 5) is 11.3. The Kier molecular flexibility index (Phi) is 3.58. The van der Waals surface area contributed by atoms with Crippen LogP contribution in [0.4, 0.5) is 5.95 Å². The van der Waals surface area contributed by atoms with E-state index in [1.165, 1.54) is 0 Å². The Balaban J connectivity index is 2.19. The fourth-order valence-corrected chi connectivity index (χ4v) is 3.13. The number of thioether (sulfide) groups is 1. The Morgan fingerprint density at radius 1 is 1.53 bits per heavy atom. The monoisotopic (exact) mass is 252 g/mol. The Hall–Kier alpha value is -0.810. The van der Waals surface area contributed by atoms with Gasteiger partial charge in [0, 0.05) is 47.6 Å². The van der Waals surface area contributed by atoms with Crippen molar-refractivity contribution in [1.29, 1.82) is 0 Å². The van der Waals surface area contributed by atoms with Crippen molar-refractivity contribution in [3.63, 3.8) is 0 Å². The predicted octanol–water partition coefficient (Wildman–Crippen LogP) is 1.58. The number of aromatic nitrogens is 2. The van der Waals surface area contributed by atoms with E-state index in [9.17, 15) is 0 Å². The molecule has 0 aliphatic carbocycles. The van der Waals surface area contributed by atoms with Gasteiger partial charge in [-0.2, -0.15) is 11.8 Å². The average molecular weight is 252 g/mol. The third-order valence-electron chi connectivity index (χ3n) is 3.00. The van der Waals surface area contributed by atoms with Gasteiger partial charge in [-0.25, -0.2) is 9.97 Å². The average Bonchev–Trinajstić information content (AvgIpc) is 2.27. The van der Waals surface area contributed by atoms with Crippen molar-refractivity contribution in [3.05, 3.63) is 17.5 Å². The number of rotatable bonds is 2. The highest BCUT2D eigenvalue weighted by Gasteiger charge is 2.28. The van der Waals surface area contributed by atoms with Gasteiger partial charge in [0.25, 0.3) is 0 Å². The molecule has 1 aromatic rings. The van der Waals surface area contributed by atoms with E-state index in [1.807, 2.05) is 24.9 Å². The van der Waals surface area contributed by atoms with E-state index in [0.29, 0.717) is 6.54 Å². The number of nitrogens with two attached hydrogens (primary N) is 1. The van der Waals surface area contributed by atoms with Crippen LogP contribution in [-0.2, 0) is 6.54 Å². The summed E-state index contributed by atoms with van der Waals surface area (Å²) in [6, 6.07) is 0. The Labute approximate surface area is 107 Å². The molecule has 1 fully saturated rings. The minimum atomic E-state index is 0.280. The molecular formula is C12H20N4S. The number of hydrogen-bond donors (Lipinski definition) is 1. The van der Waals surface area contributed by atoms with Gasteiger partial charge >= 0.3 is 0 Å². The molecule has 0 atom stereocenters. The topological polar surface area (TPSA) is 55.0 Å². The number of nitrogens with zero attached hydrogens (tertiary/aromatic N) is 3. The maximum absolute atomic E-state index is 5.63. The van der Waals surface area contributed by atoms with Gasteiger partial charge in [0.05, 0.1) is 0 Å². The molecule has 1 aliphatic heterocycles. The lowest BCUT2D eigenvalue weighted by Gasteiger charge is -2.37. The van der Waals surface area contributed by atoms with Crippen molar-refractivity contribution in [2.75, 3.05) is 23.7 Å². The van der Waals surface area contributed by atoms with Gasteiger partial charge in [0.2, 0.25) is 5.95 Å². The normalized spacial score (nSPS) is 19.4. The van der Waals surface area contributed by atoms with Crippen LogP contribution in [0.2, 0.25) is 0 Å². The van der Waals surface area contributed by atoms with Crippen LogP contribution < -0.4 is 10.6 Å². The third kappa shape index (κ3) is 2.90. The quantitative estimate of drug-likeness (QED) is 0.866. The van der Waals surface area contributed by atoms with E-state index in [1.54, 1.807) is 0 Å². The van der Waals surface area contributed by atoms with Crippen molar-refractivity contribution in [2.24, 2.45) is 5.73 Å². The molecule has 2 heterocycles. The first-order valence-electron chi connectivity index (χ1n) is 5.93. The molecule has 0 bridgehead atoms. The van der Waals surface area contributed by atoms with Crippen LogP contribution in [0.15, 0.2) is 6.20 Å². The van der Waals surface area contributed by atoms with Crippen molar-refractivity contribution >= 4 is 17.7 Å². The first-order valence-corrected chi connectivity index (χ1v) is 6.92.